The number of carbonyl (C=O) groups is 3. The molecule has 1 fully saturated rings. The van der Waals surface area contributed by atoms with Crippen molar-refractivity contribution in [3.8, 4) is 5.75 Å². The third-order valence-corrected chi connectivity index (χ3v) is 4.63. The topological polar surface area (TPSA) is 110 Å². The summed E-state index contributed by atoms with van der Waals surface area (Å²) in [7, 11) is 0. The molecular formula is C19H24O7. The fourth-order valence-corrected chi connectivity index (χ4v) is 3.58. The second-order valence-corrected chi connectivity index (χ2v) is 6.58. The van der Waals surface area contributed by atoms with Gasteiger partial charge in [0.1, 0.15) is 11.7 Å². The summed E-state index contributed by atoms with van der Waals surface area (Å²) in [5.41, 5.74) is -1.21. The van der Waals surface area contributed by atoms with Crippen LogP contribution in [0.4, 0.5) is 0 Å². The minimum absolute atomic E-state index is 0.00279. The van der Waals surface area contributed by atoms with Crippen molar-refractivity contribution < 1.29 is 34.1 Å². The van der Waals surface area contributed by atoms with Crippen LogP contribution in [0.3, 0.4) is 0 Å². The maximum atomic E-state index is 12.6. The highest BCUT2D eigenvalue weighted by molar-refractivity contribution is 6.02. The van der Waals surface area contributed by atoms with E-state index in [0.29, 0.717) is 5.56 Å². The van der Waals surface area contributed by atoms with Crippen molar-refractivity contribution in [2.45, 2.75) is 38.7 Å². The number of benzene rings is 1. The van der Waals surface area contributed by atoms with Crippen LogP contribution in [0.2, 0.25) is 0 Å². The minimum Gasteiger partial charge on any atom is -0.508 e. The largest absolute Gasteiger partial charge is 0.508 e. The van der Waals surface area contributed by atoms with Gasteiger partial charge in [0, 0.05) is 12.3 Å². The van der Waals surface area contributed by atoms with Gasteiger partial charge in [0.15, 0.2) is 5.78 Å². The lowest BCUT2D eigenvalue weighted by atomic mass is 9.61. The maximum Gasteiger partial charge on any atom is 0.317 e. The van der Waals surface area contributed by atoms with Crippen LogP contribution in [-0.2, 0) is 23.9 Å². The van der Waals surface area contributed by atoms with E-state index >= 15 is 0 Å². The molecule has 7 nitrogen and oxygen atoms in total. The molecule has 0 aliphatic heterocycles. The Hall–Kier alpha value is -2.41. The predicted molar refractivity (Wildman–Crippen MR) is 91.3 cm³/mol. The number of rotatable bonds is 5. The summed E-state index contributed by atoms with van der Waals surface area (Å²) in [4.78, 5) is 37.7. The molecule has 1 aliphatic rings. The molecule has 142 valence electrons. The van der Waals surface area contributed by atoms with Crippen LogP contribution in [0.1, 0.15) is 38.7 Å². The normalized spacial score (nSPS) is 28.5. The lowest BCUT2D eigenvalue weighted by molar-refractivity contribution is -0.172. The summed E-state index contributed by atoms with van der Waals surface area (Å²) in [6.45, 7) is 4.84. The highest BCUT2D eigenvalue weighted by Crippen LogP contribution is 2.46. The fraction of sp³-hybridized carbons (Fsp3) is 0.526. The Kier molecular flexibility index (Phi) is 6.02. The first kappa shape index (κ1) is 19.9. The van der Waals surface area contributed by atoms with E-state index in [1.54, 1.807) is 13.8 Å². The quantitative estimate of drug-likeness (QED) is 0.602. The van der Waals surface area contributed by atoms with E-state index in [4.69, 9.17) is 9.47 Å². The molecule has 1 aromatic rings. The van der Waals surface area contributed by atoms with E-state index < -0.39 is 41.1 Å². The van der Waals surface area contributed by atoms with E-state index in [9.17, 15) is 24.6 Å². The Balaban J connectivity index is 2.59. The van der Waals surface area contributed by atoms with Crippen molar-refractivity contribution in [2.24, 2.45) is 11.8 Å². The molecule has 26 heavy (non-hydrogen) atoms. The van der Waals surface area contributed by atoms with Gasteiger partial charge in [-0.15, -0.1) is 0 Å². The Morgan fingerprint density at radius 2 is 1.65 bits per heavy atom. The number of ketones is 1. The van der Waals surface area contributed by atoms with E-state index in [1.165, 1.54) is 31.2 Å². The molecule has 0 spiro atoms. The van der Waals surface area contributed by atoms with Gasteiger partial charge < -0.3 is 19.7 Å². The molecular weight excluding hydrogens is 340 g/mol. The number of ether oxygens (including phenoxy) is 2. The van der Waals surface area contributed by atoms with Crippen LogP contribution in [0.5, 0.6) is 5.75 Å². The Labute approximate surface area is 151 Å². The second kappa shape index (κ2) is 7.86. The van der Waals surface area contributed by atoms with Gasteiger partial charge in [0.2, 0.25) is 0 Å². The zero-order valence-corrected chi connectivity index (χ0v) is 15.1. The molecule has 0 heterocycles. The van der Waals surface area contributed by atoms with Crippen LogP contribution < -0.4 is 0 Å². The van der Waals surface area contributed by atoms with Gasteiger partial charge in [-0.05, 0) is 38.5 Å². The third kappa shape index (κ3) is 3.88. The number of carbonyl (C=O) groups excluding carboxylic acids is 3. The van der Waals surface area contributed by atoms with Gasteiger partial charge in [-0.1, -0.05) is 12.1 Å². The maximum absolute atomic E-state index is 12.6. The number of aromatic hydroxyl groups is 1. The molecule has 0 aromatic heterocycles. The summed E-state index contributed by atoms with van der Waals surface area (Å²) < 4.78 is 10.1. The number of aliphatic hydroxyl groups is 1. The standard InChI is InChI=1S/C19H24O7/c1-4-25-17(22)15-13(21)10-19(3,24)16(18(23)26-5-2)14(15)11-6-8-12(20)9-7-11/h6-9,14-16,20,24H,4-5,10H2,1-3H3. The lowest BCUT2D eigenvalue weighted by Crippen LogP contribution is -2.55. The van der Waals surface area contributed by atoms with Gasteiger partial charge >= 0.3 is 11.9 Å². The van der Waals surface area contributed by atoms with Crippen molar-refractivity contribution in [2.75, 3.05) is 13.2 Å². The van der Waals surface area contributed by atoms with Crippen LogP contribution in [-0.4, -0.2) is 46.7 Å². The molecule has 0 radical (unpaired) electrons. The number of phenols is 1. The molecule has 1 aliphatic carbocycles. The van der Waals surface area contributed by atoms with Gasteiger partial charge in [0.25, 0.3) is 0 Å². The lowest BCUT2D eigenvalue weighted by Gasteiger charge is -2.43. The van der Waals surface area contributed by atoms with E-state index in [-0.39, 0.29) is 25.4 Å². The molecule has 2 rings (SSSR count). The predicted octanol–water partition coefficient (Wildman–Crippen LogP) is 1.56. The van der Waals surface area contributed by atoms with Gasteiger partial charge in [-0.25, -0.2) is 0 Å². The number of esters is 2. The summed E-state index contributed by atoms with van der Waals surface area (Å²) in [5.74, 6) is -5.22. The van der Waals surface area contributed by atoms with Crippen molar-refractivity contribution in [3.05, 3.63) is 29.8 Å². The zero-order valence-electron chi connectivity index (χ0n) is 15.1. The molecule has 0 amide bonds. The van der Waals surface area contributed by atoms with Crippen molar-refractivity contribution in [3.63, 3.8) is 0 Å². The first-order chi connectivity index (χ1) is 12.2. The molecule has 0 bridgehead atoms. The molecule has 2 N–H and O–H groups in total. The monoisotopic (exact) mass is 364 g/mol. The minimum atomic E-state index is -1.67. The summed E-state index contributed by atoms with van der Waals surface area (Å²) in [6.07, 6.45) is -0.353. The van der Waals surface area contributed by atoms with Gasteiger partial charge in [-0.3, -0.25) is 14.4 Å². The summed E-state index contributed by atoms with van der Waals surface area (Å²) in [6, 6.07) is 5.83. The van der Waals surface area contributed by atoms with Gasteiger partial charge in [0.05, 0.1) is 24.7 Å². The first-order valence-electron chi connectivity index (χ1n) is 8.60. The average molecular weight is 364 g/mol. The fourth-order valence-electron chi connectivity index (χ4n) is 3.58. The molecule has 0 saturated heterocycles. The number of phenolic OH excluding ortho intramolecular Hbond substituents is 1. The van der Waals surface area contributed by atoms with Crippen LogP contribution in [0.25, 0.3) is 0 Å². The smallest absolute Gasteiger partial charge is 0.317 e. The van der Waals surface area contributed by atoms with Crippen LogP contribution in [0.15, 0.2) is 24.3 Å². The Bertz CT molecular complexity index is 678. The Morgan fingerprint density at radius 3 is 2.19 bits per heavy atom. The molecule has 4 unspecified atom stereocenters. The molecule has 7 heteroatoms. The van der Waals surface area contributed by atoms with E-state index in [1.807, 2.05) is 0 Å². The number of hydrogen-bond acceptors (Lipinski definition) is 7. The van der Waals surface area contributed by atoms with Crippen molar-refractivity contribution in [1.29, 1.82) is 0 Å². The Morgan fingerprint density at radius 1 is 1.12 bits per heavy atom. The first-order valence-corrected chi connectivity index (χ1v) is 8.60. The number of Topliss-reactive ketones (excluding diaryl/α,β-unsaturated/α-hetero) is 1. The third-order valence-electron chi connectivity index (χ3n) is 4.63. The highest BCUT2D eigenvalue weighted by atomic mass is 16.5. The van der Waals surface area contributed by atoms with E-state index in [2.05, 4.69) is 0 Å². The van der Waals surface area contributed by atoms with Crippen molar-refractivity contribution in [1.82, 2.24) is 0 Å². The molecule has 1 aromatic carbocycles. The average Bonchev–Trinajstić information content (AvgIpc) is 2.54. The van der Waals surface area contributed by atoms with Gasteiger partial charge in [-0.2, -0.15) is 0 Å². The SMILES string of the molecule is CCOC(=O)C1C(=O)CC(C)(O)C(C(=O)OCC)C1c1ccc(O)cc1. The number of hydrogen-bond donors (Lipinski definition) is 2. The molecule has 1 saturated carbocycles. The van der Waals surface area contributed by atoms with Crippen molar-refractivity contribution >= 4 is 17.7 Å². The van der Waals surface area contributed by atoms with Crippen LogP contribution >= 0.6 is 0 Å². The van der Waals surface area contributed by atoms with Crippen LogP contribution in [0, 0.1) is 11.8 Å². The second-order valence-electron chi connectivity index (χ2n) is 6.58. The summed E-state index contributed by atoms with van der Waals surface area (Å²) in [5, 5.41) is 20.3. The summed E-state index contributed by atoms with van der Waals surface area (Å²) >= 11 is 0. The molecule has 4 atom stereocenters. The van der Waals surface area contributed by atoms with E-state index in [0.717, 1.165) is 0 Å². The highest BCUT2D eigenvalue weighted by Gasteiger charge is 2.57. The zero-order chi connectivity index (χ0) is 19.5.